The molecule has 3 amide bonds. The van der Waals surface area contributed by atoms with Crippen molar-refractivity contribution in [3.8, 4) is 5.75 Å². The lowest BCUT2D eigenvalue weighted by molar-refractivity contribution is -0.131. The molecule has 0 unspecified atom stereocenters. The molecule has 0 aliphatic carbocycles. The van der Waals surface area contributed by atoms with E-state index in [0.29, 0.717) is 50.2 Å². The summed E-state index contributed by atoms with van der Waals surface area (Å²) in [6.07, 6.45) is 2.13. The molecule has 1 atom stereocenters. The molecule has 1 aromatic carbocycles. The van der Waals surface area contributed by atoms with Gasteiger partial charge in [0.15, 0.2) is 0 Å². The molecular formula is C21H29N3O4. The van der Waals surface area contributed by atoms with E-state index in [1.165, 1.54) is 6.92 Å². The summed E-state index contributed by atoms with van der Waals surface area (Å²) in [5, 5.41) is 2.98. The zero-order valence-corrected chi connectivity index (χ0v) is 17.1. The average Bonchev–Trinajstić information content (AvgIpc) is 2.97. The van der Waals surface area contributed by atoms with E-state index in [2.05, 4.69) is 5.32 Å². The van der Waals surface area contributed by atoms with Crippen molar-refractivity contribution in [2.24, 2.45) is 0 Å². The molecule has 7 heteroatoms. The van der Waals surface area contributed by atoms with Crippen molar-refractivity contribution in [3.63, 3.8) is 0 Å². The molecule has 2 heterocycles. The largest absolute Gasteiger partial charge is 0.496 e. The van der Waals surface area contributed by atoms with E-state index >= 15 is 0 Å². The number of methoxy groups -OCH3 is 1. The van der Waals surface area contributed by atoms with Crippen molar-refractivity contribution in [3.05, 3.63) is 29.3 Å². The van der Waals surface area contributed by atoms with Crippen LogP contribution in [0.2, 0.25) is 0 Å². The molecule has 1 aromatic rings. The van der Waals surface area contributed by atoms with E-state index in [0.717, 1.165) is 5.56 Å². The van der Waals surface area contributed by atoms with Crippen LogP contribution in [0.5, 0.6) is 5.75 Å². The van der Waals surface area contributed by atoms with E-state index in [1.54, 1.807) is 20.1 Å². The first-order chi connectivity index (χ1) is 13.3. The number of para-hydroxylation sites is 1. The maximum atomic E-state index is 13.6. The SMILES string of the molecule is COc1c(C)cccc1C(=O)N1C[C@@H](NC(C)=O)CC12CCN(C(C)=O)CC2. The molecule has 28 heavy (non-hydrogen) atoms. The van der Waals surface area contributed by atoms with Gasteiger partial charge in [-0.2, -0.15) is 0 Å². The lowest BCUT2D eigenvalue weighted by atomic mass is 9.83. The molecule has 0 aromatic heterocycles. The Bertz CT molecular complexity index is 784. The maximum absolute atomic E-state index is 13.6. The maximum Gasteiger partial charge on any atom is 0.258 e. The number of likely N-dealkylation sites (tertiary alicyclic amines) is 2. The minimum atomic E-state index is -0.356. The number of carbonyl (C=O) groups excluding carboxylic acids is 3. The monoisotopic (exact) mass is 387 g/mol. The van der Waals surface area contributed by atoms with Crippen molar-refractivity contribution in [1.29, 1.82) is 0 Å². The Morgan fingerprint density at radius 3 is 2.43 bits per heavy atom. The summed E-state index contributed by atoms with van der Waals surface area (Å²) < 4.78 is 5.50. The van der Waals surface area contributed by atoms with Crippen molar-refractivity contribution in [2.75, 3.05) is 26.7 Å². The average molecular weight is 387 g/mol. The molecule has 1 spiro atoms. The van der Waals surface area contributed by atoms with Gasteiger partial charge in [-0.05, 0) is 37.8 Å². The second-order valence-corrected chi connectivity index (χ2v) is 7.90. The lowest BCUT2D eigenvalue weighted by Crippen LogP contribution is -2.54. The van der Waals surface area contributed by atoms with E-state index in [4.69, 9.17) is 4.74 Å². The second-order valence-electron chi connectivity index (χ2n) is 7.90. The molecule has 2 aliphatic heterocycles. The molecule has 2 saturated heterocycles. The molecule has 0 saturated carbocycles. The first kappa shape index (κ1) is 20.2. The van der Waals surface area contributed by atoms with Crippen LogP contribution in [0, 0.1) is 6.92 Å². The normalized spacial score (nSPS) is 20.9. The highest BCUT2D eigenvalue weighted by Gasteiger charge is 2.50. The van der Waals surface area contributed by atoms with E-state index in [9.17, 15) is 14.4 Å². The summed E-state index contributed by atoms with van der Waals surface area (Å²) in [5.74, 6) is 0.477. The van der Waals surface area contributed by atoms with Gasteiger partial charge in [0.1, 0.15) is 5.75 Å². The summed E-state index contributed by atoms with van der Waals surface area (Å²) >= 11 is 0. The summed E-state index contributed by atoms with van der Waals surface area (Å²) in [5.41, 5.74) is 1.09. The second kappa shape index (κ2) is 7.81. The number of aryl methyl sites for hydroxylation is 1. The van der Waals surface area contributed by atoms with Crippen LogP contribution in [0.3, 0.4) is 0 Å². The molecule has 7 nitrogen and oxygen atoms in total. The molecule has 2 fully saturated rings. The number of carbonyl (C=O) groups is 3. The lowest BCUT2D eigenvalue weighted by Gasteiger charge is -2.44. The van der Waals surface area contributed by atoms with Crippen molar-refractivity contribution < 1.29 is 19.1 Å². The first-order valence-electron chi connectivity index (χ1n) is 9.75. The number of benzene rings is 1. The standard InChI is InChI=1S/C21H29N3O4/c1-14-6-5-7-18(19(14)28-4)20(27)24-13-17(22-15(2)25)12-21(24)8-10-23(11-9-21)16(3)26/h5-7,17H,8-13H2,1-4H3,(H,22,25)/t17-/m0/s1. The molecular weight excluding hydrogens is 358 g/mol. The van der Waals surface area contributed by atoms with Crippen LogP contribution in [-0.4, -0.2) is 65.8 Å². The summed E-state index contributed by atoms with van der Waals surface area (Å²) in [6, 6.07) is 5.48. The van der Waals surface area contributed by atoms with Gasteiger partial charge in [-0.25, -0.2) is 0 Å². The van der Waals surface area contributed by atoms with Crippen molar-refractivity contribution >= 4 is 17.7 Å². The number of piperidine rings is 1. The fraction of sp³-hybridized carbons (Fsp3) is 0.571. The Labute approximate surface area is 166 Å². The Morgan fingerprint density at radius 1 is 1.18 bits per heavy atom. The van der Waals surface area contributed by atoms with E-state index in [1.807, 2.05) is 28.9 Å². The summed E-state index contributed by atoms with van der Waals surface area (Å²) in [6.45, 7) is 6.70. The van der Waals surface area contributed by atoms with Crippen molar-refractivity contribution in [2.45, 2.75) is 51.6 Å². The molecule has 152 valence electrons. The molecule has 2 aliphatic rings. The Balaban J connectivity index is 1.92. The van der Waals surface area contributed by atoms with Crippen LogP contribution in [-0.2, 0) is 9.59 Å². The zero-order valence-electron chi connectivity index (χ0n) is 17.1. The van der Waals surface area contributed by atoms with Crippen LogP contribution in [0.15, 0.2) is 18.2 Å². The number of ether oxygens (including phenoxy) is 1. The fourth-order valence-electron chi connectivity index (χ4n) is 4.68. The smallest absolute Gasteiger partial charge is 0.258 e. The fourth-order valence-corrected chi connectivity index (χ4v) is 4.68. The van der Waals surface area contributed by atoms with E-state index in [-0.39, 0.29) is 29.3 Å². The highest BCUT2D eigenvalue weighted by atomic mass is 16.5. The van der Waals surface area contributed by atoms with E-state index < -0.39 is 0 Å². The molecule has 0 bridgehead atoms. The van der Waals surface area contributed by atoms with Gasteiger partial charge >= 0.3 is 0 Å². The van der Waals surface area contributed by atoms with Gasteiger partial charge in [-0.1, -0.05) is 12.1 Å². The Hall–Kier alpha value is -2.57. The number of hydrogen-bond acceptors (Lipinski definition) is 4. The predicted octanol–water partition coefficient (Wildman–Crippen LogP) is 1.74. The number of amides is 3. The summed E-state index contributed by atoms with van der Waals surface area (Å²) in [7, 11) is 1.57. The number of hydrogen-bond donors (Lipinski definition) is 1. The van der Waals surface area contributed by atoms with Crippen LogP contribution in [0.4, 0.5) is 0 Å². The van der Waals surface area contributed by atoms with Gasteiger partial charge < -0.3 is 19.9 Å². The quantitative estimate of drug-likeness (QED) is 0.857. The number of nitrogens with zero attached hydrogens (tertiary/aromatic N) is 2. The van der Waals surface area contributed by atoms with Crippen LogP contribution in [0.1, 0.15) is 49.0 Å². The van der Waals surface area contributed by atoms with Gasteiger partial charge in [-0.15, -0.1) is 0 Å². The van der Waals surface area contributed by atoms with Crippen LogP contribution >= 0.6 is 0 Å². The third-order valence-electron chi connectivity index (χ3n) is 6.04. The van der Waals surface area contributed by atoms with Gasteiger partial charge in [-0.3, -0.25) is 14.4 Å². The minimum Gasteiger partial charge on any atom is -0.496 e. The Morgan fingerprint density at radius 2 is 1.86 bits per heavy atom. The number of rotatable bonds is 3. The topological polar surface area (TPSA) is 79.0 Å². The molecule has 3 rings (SSSR count). The number of nitrogens with one attached hydrogen (secondary N) is 1. The predicted molar refractivity (Wildman–Crippen MR) is 105 cm³/mol. The Kier molecular flexibility index (Phi) is 5.63. The van der Waals surface area contributed by atoms with Gasteiger partial charge in [0.2, 0.25) is 11.8 Å². The first-order valence-corrected chi connectivity index (χ1v) is 9.75. The van der Waals surface area contributed by atoms with Gasteiger partial charge in [0.25, 0.3) is 5.91 Å². The molecule has 1 N–H and O–H groups in total. The summed E-state index contributed by atoms with van der Waals surface area (Å²) in [4.78, 5) is 40.6. The highest BCUT2D eigenvalue weighted by Crippen LogP contribution is 2.40. The highest BCUT2D eigenvalue weighted by molar-refractivity contribution is 5.98. The third-order valence-corrected chi connectivity index (χ3v) is 6.04. The van der Waals surface area contributed by atoms with Crippen LogP contribution in [0.25, 0.3) is 0 Å². The van der Waals surface area contributed by atoms with Gasteiger partial charge in [0, 0.05) is 45.1 Å². The van der Waals surface area contributed by atoms with Crippen LogP contribution < -0.4 is 10.1 Å². The third kappa shape index (κ3) is 3.70. The minimum absolute atomic E-state index is 0.0597. The van der Waals surface area contributed by atoms with Crippen molar-refractivity contribution in [1.82, 2.24) is 15.1 Å². The van der Waals surface area contributed by atoms with Gasteiger partial charge in [0.05, 0.1) is 12.7 Å². The zero-order chi connectivity index (χ0) is 20.5. The molecule has 0 radical (unpaired) electrons.